The van der Waals surface area contributed by atoms with Crippen molar-refractivity contribution in [1.29, 1.82) is 0 Å². The molecular formula is C17H26O7. The number of rotatable bonds is 16. The number of carbonyl (C=O) groups is 1. The quantitative estimate of drug-likeness (QED) is 0.353. The molecule has 136 valence electrons. The summed E-state index contributed by atoms with van der Waals surface area (Å²) in [6.07, 6.45) is 0.795. The fourth-order valence-corrected chi connectivity index (χ4v) is 1.69. The molecule has 0 aliphatic carbocycles. The van der Waals surface area contributed by atoms with Crippen molar-refractivity contribution in [2.45, 2.75) is 0 Å². The maximum atomic E-state index is 10.5. The Kier molecular flexibility index (Phi) is 12.9. The molecule has 0 saturated heterocycles. The van der Waals surface area contributed by atoms with E-state index >= 15 is 0 Å². The van der Waals surface area contributed by atoms with E-state index in [-0.39, 0.29) is 6.61 Å². The molecule has 0 radical (unpaired) electrons. The minimum absolute atomic E-state index is 0.0284. The third-order valence-electron chi connectivity index (χ3n) is 2.86. The second-order valence-electron chi connectivity index (χ2n) is 4.71. The summed E-state index contributed by atoms with van der Waals surface area (Å²) in [5.41, 5.74) is 0.623. The third kappa shape index (κ3) is 11.1. The molecule has 1 aromatic rings. The van der Waals surface area contributed by atoms with Gasteiger partial charge in [0.05, 0.1) is 59.5 Å². The lowest BCUT2D eigenvalue weighted by Gasteiger charge is -2.08. The van der Waals surface area contributed by atoms with Gasteiger partial charge in [-0.15, -0.1) is 0 Å². The van der Waals surface area contributed by atoms with Crippen LogP contribution >= 0.6 is 0 Å². The fourth-order valence-electron chi connectivity index (χ4n) is 1.69. The highest BCUT2D eigenvalue weighted by Gasteiger charge is 1.96. The van der Waals surface area contributed by atoms with Gasteiger partial charge in [-0.3, -0.25) is 4.79 Å². The Bertz CT molecular complexity index is 408. The smallest absolute Gasteiger partial charge is 0.150 e. The zero-order valence-corrected chi connectivity index (χ0v) is 13.9. The minimum Gasteiger partial charge on any atom is -0.491 e. The van der Waals surface area contributed by atoms with Crippen molar-refractivity contribution in [2.75, 3.05) is 66.1 Å². The van der Waals surface area contributed by atoms with Gasteiger partial charge < -0.3 is 28.8 Å². The summed E-state index contributed by atoms with van der Waals surface area (Å²) in [5.74, 6) is 0.709. The Balaban J connectivity index is 1.81. The highest BCUT2D eigenvalue weighted by Crippen LogP contribution is 2.10. The first kappa shape index (κ1) is 20.5. The summed E-state index contributed by atoms with van der Waals surface area (Å²) < 4.78 is 26.5. The fraction of sp³-hybridized carbons (Fsp3) is 0.588. The molecule has 1 rings (SSSR count). The van der Waals surface area contributed by atoms with E-state index in [0.717, 1.165) is 6.29 Å². The van der Waals surface area contributed by atoms with Gasteiger partial charge in [0.15, 0.2) is 0 Å². The first-order valence-corrected chi connectivity index (χ1v) is 7.96. The molecule has 7 nitrogen and oxygen atoms in total. The van der Waals surface area contributed by atoms with Gasteiger partial charge in [-0.05, 0) is 24.3 Å². The lowest BCUT2D eigenvalue weighted by molar-refractivity contribution is -0.00779. The summed E-state index contributed by atoms with van der Waals surface area (Å²) in [4.78, 5) is 10.5. The normalized spacial score (nSPS) is 10.7. The van der Waals surface area contributed by atoms with Crippen LogP contribution in [0.15, 0.2) is 24.3 Å². The summed E-state index contributed by atoms with van der Waals surface area (Å²) in [7, 11) is 0. The van der Waals surface area contributed by atoms with Crippen LogP contribution in [0.25, 0.3) is 0 Å². The molecule has 0 amide bonds. The first-order chi connectivity index (χ1) is 11.9. The van der Waals surface area contributed by atoms with E-state index < -0.39 is 0 Å². The Hall–Kier alpha value is -1.51. The summed E-state index contributed by atoms with van der Waals surface area (Å²) >= 11 is 0. The largest absolute Gasteiger partial charge is 0.491 e. The molecule has 0 heterocycles. The third-order valence-corrected chi connectivity index (χ3v) is 2.86. The number of benzene rings is 1. The lowest BCUT2D eigenvalue weighted by atomic mass is 10.2. The molecule has 0 atom stereocenters. The van der Waals surface area contributed by atoms with Gasteiger partial charge in [-0.25, -0.2) is 0 Å². The van der Waals surface area contributed by atoms with E-state index in [1.165, 1.54) is 0 Å². The zero-order valence-electron chi connectivity index (χ0n) is 13.9. The zero-order chi connectivity index (χ0) is 17.3. The number of aliphatic hydroxyl groups excluding tert-OH is 1. The summed E-state index contributed by atoms with van der Waals surface area (Å²) in [6.45, 7) is 4.24. The monoisotopic (exact) mass is 342 g/mol. The van der Waals surface area contributed by atoms with Gasteiger partial charge in [0.2, 0.25) is 0 Å². The molecule has 0 aromatic heterocycles. The maximum Gasteiger partial charge on any atom is 0.150 e. The lowest BCUT2D eigenvalue weighted by Crippen LogP contribution is -2.14. The van der Waals surface area contributed by atoms with E-state index in [1.807, 2.05) is 0 Å². The standard InChI is InChI=1S/C17H26O7/c18-5-6-20-7-8-21-9-10-22-11-12-23-13-14-24-17-3-1-16(15-19)2-4-17/h1-4,15,18H,5-14H2. The van der Waals surface area contributed by atoms with E-state index in [1.54, 1.807) is 24.3 Å². The Morgan fingerprint density at radius 2 is 1.17 bits per heavy atom. The second-order valence-corrected chi connectivity index (χ2v) is 4.71. The summed E-state index contributed by atoms with van der Waals surface area (Å²) in [6, 6.07) is 6.92. The molecule has 0 spiro atoms. The van der Waals surface area contributed by atoms with Crippen LogP contribution in [0.4, 0.5) is 0 Å². The molecule has 0 fully saturated rings. The maximum absolute atomic E-state index is 10.5. The van der Waals surface area contributed by atoms with Gasteiger partial charge in [-0.2, -0.15) is 0 Å². The molecular weight excluding hydrogens is 316 g/mol. The van der Waals surface area contributed by atoms with Crippen molar-refractivity contribution in [3.63, 3.8) is 0 Å². The SMILES string of the molecule is O=Cc1ccc(OCCOCCOCCOCCOCCO)cc1. The van der Waals surface area contributed by atoms with Crippen LogP contribution in [0.1, 0.15) is 10.4 Å². The van der Waals surface area contributed by atoms with Gasteiger partial charge in [0.1, 0.15) is 18.6 Å². The topological polar surface area (TPSA) is 83.5 Å². The van der Waals surface area contributed by atoms with Crippen LogP contribution in [0.2, 0.25) is 0 Å². The number of aliphatic hydroxyl groups is 1. The van der Waals surface area contributed by atoms with Crippen molar-refractivity contribution in [3.05, 3.63) is 29.8 Å². The van der Waals surface area contributed by atoms with E-state index in [4.69, 9.17) is 28.8 Å². The van der Waals surface area contributed by atoms with Crippen molar-refractivity contribution >= 4 is 6.29 Å². The van der Waals surface area contributed by atoms with Crippen molar-refractivity contribution in [1.82, 2.24) is 0 Å². The van der Waals surface area contributed by atoms with E-state index in [2.05, 4.69) is 0 Å². The van der Waals surface area contributed by atoms with E-state index in [0.29, 0.717) is 70.8 Å². The molecule has 0 bridgehead atoms. The second kappa shape index (κ2) is 15.0. The average Bonchev–Trinajstić information content (AvgIpc) is 2.62. The molecule has 0 aliphatic rings. The number of hydrogen-bond donors (Lipinski definition) is 1. The average molecular weight is 342 g/mol. The highest BCUT2D eigenvalue weighted by molar-refractivity contribution is 5.74. The van der Waals surface area contributed by atoms with Crippen LogP contribution in [-0.2, 0) is 18.9 Å². The molecule has 1 N–H and O–H groups in total. The predicted molar refractivity (Wildman–Crippen MR) is 87.7 cm³/mol. The van der Waals surface area contributed by atoms with Crippen LogP contribution < -0.4 is 4.74 Å². The number of hydrogen-bond acceptors (Lipinski definition) is 7. The highest BCUT2D eigenvalue weighted by atomic mass is 16.6. The van der Waals surface area contributed by atoms with Gasteiger partial charge in [-0.1, -0.05) is 0 Å². The molecule has 0 unspecified atom stereocenters. The Morgan fingerprint density at radius 1 is 0.708 bits per heavy atom. The minimum atomic E-state index is 0.0284. The van der Waals surface area contributed by atoms with Gasteiger partial charge in [0.25, 0.3) is 0 Å². The Morgan fingerprint density at radius 3 is 1.62 bits per heavy atom. The molecule has 0 aliphatic heterocycles. The van der Waals surface area contributed by atoms with Crippen molar-refractivity contribution in [2.24, 2.45) is 0 Å². The van der Waals surface area contributed by atoms with Crippen LogP contribution in [0.5, 0.6) is 5.75 Å². The molecule has 1 aromatic carbocycles. The summed E-state index contributed by atoms with van der Waals surface area (Å²) in [5, 5.41) is 8.50. The van der Waals surface area contributed by atoms with Gasteiger partial charge in [0, 0.05) is 5.56 Å². The molecule has 0 saturated carbocycles. The van der Waals surface area contributed by atoms with Crippen molar-refractivity contribution in [3.8, 4) is 5.75 Å². The molecule has 24 heavy (non-hydrogen) atoms. The van der Waals surface area contributed by atoms with Crippen LogP contribution in [0.3, 0.4) is 0 Å². The number of carbonyl (C=O) groups excluding carboxylic acids is 1. The molecule has 7 heteroatoms. The van der Waals surface area contributed by atoms with E-state index in [9.17, 15) is 4.79 Å². The Labute approximate surface area is 142 Å². The van der Waals surface area contributed by atoms with Crippen molar-refractivity contribution < 1.29 is 33.6 Å². The van der Waals surface area contributed by atoms with Crippen LogP contribution in [0, 0.1) is 0 Å². The van der Waals surface area contributed by atoms with Gasteiger partial charge >= 0.3 is 0 Å². The van der Waals surface area contributed by atoms with Crippen LogP contribution in [-0.4, -0.2) is 77.5 Å². The number of aldehydes is 1. The predicted octanol–water partition coefficient (Wildman–Crippen LogP) is 0.937. The number of ether oxygens (including phenoxy) is 5. The first-order valence-electron chi connectivity index (χ1n) is 7.96.